The molecule has 1 saturated heterocycles. The third kappa shape index (κ3) is 4.05. The Balaban J connectivity index is 1.60. The molecule has 0 unspecified atom stereocenters. The predicted molar refractivity (Wildman–Crippen MR) is 92.7 cm³/mol. The monoisotopic (exact) mass is 361 g/mol. The highest BCUT2D eigenvalue weighted by Crippen LogP contribution is 2.13. The lowest BCUT2D eigenvalue weighted by Gasteiger charge is -2.34. The quantitative estimate of drug-likeness (QED) is 0.876. The van der Waals surface area contributed by atoms with Crippen LogP contribution < -0.4 is 9.62 Å². The molecule has 0 radical (unpaired) electrons. The molecule has 1 aromatic carbocycles. The number of urea groups is 1. The van der Waals surface area contributed by atoms with Crippen LogP contribution in [-0.2, 0) is 10.0 Å². The molecule has 132 valence electrons. The molecule has 1 fully saturated rings. The number of hydrogen-bond acceptors (Lipinski definition) is 6. The van der Waals surface area contributed by atoms with E-state index >= 15 is 0 Å². The molecule has 1 N–H and O–H groups in total. The van der Waals surface area contributed by atoms with Crippen molar-refractivity contribution < 1.29 is 13.2 Å². The van der Waals surface area contributed by atoms with Gasteiger partial charge in [-0.25, -0.2) is 22.9 Å². The van der Waals surface area contributed by atoms with Crippen molar-refractivity contribution in [3.05, 3.63) is 48.4 Å². The first-order chi connectivity index (χ1) is 12.0. The molecule has 0 spiro atoms. The number of aryl methyl sites for hydroxylation is 1. The summed E-state index contributed by atoms with van der Waals surface area (Å²) in [6.45, 7) is 3.82. The topological polar surface area (TPSA) is 95.5 Å². The first-order valence-electron chi connectivity index (χ1n) is 7.85. The zero-order chi connectivity index (χ0) is 17.9. The van der Waals surface area contributed by atoms with Gasteiger partial charge in [0, 0.05) is 38.6 Å². The lowest BCUT2D eigenvalue weighted by molar-refractivity contribution is 0.200. The molecule has 2 heterocycles. The van der Waals surface area contributed by atoms with Crippen LogP contribution in [0.25, 0.3) is 0 Å². The van der Waals surface area contributed by atoms with Gasteiger partial charge in [-0.15, -0.1) is 0 Å². The maximum atomic E-state index is 12.3. The van der Waals surface area contributed by atoms with Crippen molar-refractivity contribution in [1.29, 1.82) is 0 Å². The van der Waals surface area contributed by atoms with Crippen molar-refractivity contribution in [1.82, 2.24) is 19.6 Å². The predicted octanol–water partition coefficient (Wildman–Crippen LogP) is 1.01. The Bertz CT molecular complexity index is 832. The molecule has 0 atom stereocenters. The van der Waals surface area contributed by atoms with Crippen LogP contribution in [-0.4, -0.2) is 55.5 Å². The minimum atomic E-state index is -3.87. The zero-order valence-electron chi connectivity index (χ0n) is 13.8. The Morgan fingerprint density at radius 3 is 2.36 bits per heavy atom. The highest BCUT2D eigenvalue weighted by atomic mass is 32.2. The number of sulfonamides is 1. The van der Waals surface area contributed by atoms with E-state index in [0.717, 1.165) is 11.4 Å². The Morgan fingerprint density at radius 1 is 1.08 bits per heavy atom. The highest BCUT2D eigenvalue weighted by molar-refractivity contribution is 7.90. The number of hydrogen-bond donors (Lipinski definition) is 1. The SMILES string of the molecule is Cc1ccc(S(=O)(=O)NC(=O)N2CCN(c3cnccn3)CC2)cc1. The maximum Gasteiger partial charge on any atom is 0.331 e. The number of benzene rings is 1. The molecule has 25 heavy (non-hydrogen) atoms. The summed E-state index contributed by atoms with van der Waals surface area (Å²) in [6, 6.07) is 5.74. The van der Waals surface area contributed by atoms with Crippen molar-refractivity contribution in [2.45, 2.75) is 11.8 Å². The summed E-state index contributed by atoms with van der Waals surface area (Å²) in [5.74, 6) is 0.745. The van der Waals surface area contributed by atoms with Crippen LogP contribution >= 0.6 is 0 Å². The third-order valence-corrected chi connectivity index (χ3v) is 5.33. The molecular weight excluding hydrogens is 342 g/mol. The van der Waals surface area contributed by atoms with Crippen molar-refractivity contribution in [2.75, 3.05) is 31.1 Å². The van der Waals surface area contributed by atoms with Gasteiger partial charge >= 0.3 is 6.03 Å². The average molecular weight is 361 g/mol. The second-order valence-electron chi connectivity index (χ2n) is 5.76. The van der Waals surface area contributed by atoms with Gasteiger partial charge in [-0.1, -0.05) is 17.7 Å². The Labute approximate surface area is 146 Å². The minimum absolute atomic E-state index is 0.0737. The fourth-order valence-electron chi connectivity index (χ4n) is 2.55. The van der Waals surface area contributed by atoms with E-state index in [-0.39, 0.29) is 4.90 Å². The van der Waals surface area contributed by atoms with Gasteiger partial charge in [0.05, 0.1) is 11.1 Å². The number of amides is 2. The molecular formula is C16H19N5O3S. The van der Waals surface area contributed by atoms with E-state index in [0.29, 0.717) is 26.2 Å². The molecule has 2 aromatic rings. The Morgan fingerprint density at radius 2 is 1.76 bits per heavy atom. The van der Waals surface area contributed by atoms with Gasteiger partial charge in [-0.05, 0) is 19.1 Å². The van der Waals surface area contributed by atoms with Gasteiger partial charge in [0.2, 0.25) is 0 Å². The molecule has 0 saturated carbocycles. The van der Waals surface area contributed by atoms with Gasteiger partial charge in [-0.2, -0.15) is 0 Å². The lowest BCUT2D eigenvalue weighted by atomic mass is 10.2. The number of carbonyl (C=O) groups excluding carboxylic acids is 1. The van der Waals surface area contributed by atoms with Crippen LogP contribution in [0, 0.1) is 6.92 Å². The maximum absolute atomic E-state index is 12.3. The van der Waals surface area contributed by atoms with Gasteiger partial charge in [-0.3, -0.25) is 4.98 Å². The second kappa shape index (κ2) is 7.06. The van der Waals surface area contributed by atoms with E-state index in [1.54, 1.807) is 30.7 Å². The molecule has 1 aromatic heterocycles. The van der Waals surface area contributed by atoms with Gasteiger partial charge in [0.25, 0.3) is 10.0 Å². The van der Waals surface area contributed by atoms with Crippen molar-refractivity contribution >= 4 is 21.9 Å². The summed E-state index contributed by atoms with van der Waals surface area (Å²) in [6.07, 6.45) is 4.88. The fraction of sp³-hybridized carbons (Fsp3) is 0.312. The number of aromatic nitrogens is 2. The van der Waals surface area contributed by atoms with Crippen molar-refractivity contribution in [3.8, 4) is 0 Å². The largest absolute Gasteiger partial charge is 0.352 e. The van der Waals surface area contributed by atoms with E-state index in [9.17, 15) is 13.2 Å². The lowest BCUT2D eigenvalue weighted by Crippen LogP contribution is -2.53. The number of rotatable bonds is 3. The Hall–Kier alpha value is -2.68. The van der Waals surface area contributed by atoms with Crippen LogP contribution in [0.3, 0.4) is 0 Å². The standard InChI is InChI=1S/C16H19N5O3S/c1-13-2-4-14(5-3-13)25(23,24)19-16(22)21-10-8-20(9-11-21)15-12-17-6-7-18-15/h2-7,12H,8-11H2,1H3,(H,19,22). The minimum Gasteiger partial charge on any atom is -0.352 e. The van der Waals surface area contributed by atoms with Crippen LogP contribution in [0.15, 0.2) is 47.8 Å². The molecule has 2 amide bonds. The van der Waals surface area contributed by atoms with E-state index in [4.69, 9.17) is 0 Å². The molecule has 3 rings (SSSR count). The average Bonchev–Trinajstić information content (AvgIpc) is 2.62. The summed E-state index contributed by atoms with van der Waals surface area (Å²) in [5.41, 5.74) is 0.949. The molecule has 1 aliphatic rings. The van der Waals surface area contributed by atoms with Gasteiger partial charge < -0.3 is 9.80 Å². The second-order valence-corrected chi connectivity index (χ2v) is 7.44. The summed E-state index contributed by atoms with van der Waals surface area (Å²) >= 11 is 0. The molecule has 8 nitrogen and oxygen atoms in total. The molecule has 0 bridgehead atoms. The van der Waals surface area contributed by atoms with Crippen molar-refractivity contribution in [2.24, 2.45) is 0 Å². The normalized spacial score (nSPS) is 15.1. The number of piperazine rings is 1. The number of carbonyl (C=O) groups is 1. The van der Waals surface area contributed by atoms with Gasteiger partial charge in [0.1, 0.15) is 5.82 Å². The highest BCUT2D eigenvalue weighted by Gasteiger charge is 2.25. The molecule has 9 heteroatoms. The van der Waals surface area contributed by atoms with Gasteiger partial charge in [0.15, 0.2) is 0 Å². The molecule has 1 aliphatic heterocycles. The number of anilines is 1. The third-order valence-electron chi connectivity index (χ3n) is 3.99. The summed E-state index contributed by atoms with van der Waals surface area (Å²) in [5, 5.41) is 0. The Kier molecular flexibility index (Phi) is 4.84. The van der Waals surface area contributed by atoms with Crippen LogP contribution in [0.5, 0.6) is 0 Å². The van der Waals surface area contributed by atoms with Crippen molar-refractivity contribution in [3.63, 3.8) is 0 Å². The molecule has 0 aliphatic carbocycles. The van der Waals surface area contributed by atoms with Crippen LogP contribution in [0.2, 0.25) is 0 Å². The first-order valence-corrected chi connectivity index (χ1v) is 9.33. The van der Waals surface area contributed by atoms with E-state index in [1.165, 1.54) is 17.0 Å². The van der Waals surface area contributed by atoms with E-state index in [2.05, 4.69) is 14.7 Å². The van der Waals surface area contributed by atoms with Crippen LogP contribution in [0.1, 0.15) is 5.56 Å². The van der Waals surface area contributed by atoms with E-state index < -0.39 is 16.1 Å². The summed E-state index contributed by atoms with van der Waals surface area (Å²) < 4.78 is 26.7. The zero-order valence-corrected chi connectivity index (χ0v) is 14.6. The van der Waals surface area contributed by atoms with E-state index in [1.807, 2.05) is 11.8 Å². The fourth-order valence-corrected chi connectivity index (χ4v) is 3.52. The number of nitrogens with one attached hydrogen (secondary N) is 1. The summed E-state index contributed by atoms with van der Waals surface area (Å²) in [7, 11) is -3.87. The smallest absolute Gasteiger partial charge is 0.331 e. The summed E-state index contributed by atoms with van der Waals surface area (Å²) in [4.78, 5) is 24.1. The first kappa shape index (κ1) is 17.2. The van der Waals surface area contributed by atoms with Crippen LogP contribution in [0.4, 0.5) is 10.6 Å². The number of nitrogens with zero attached hydrogens (tertiary/aromatic N) is 4.